The summed E-state index contributed by atoms with van der Waals surface area (Å²) >= 11 is 0. The fraction of sp³-hybridized carbons (Fsp3) is 1.00. The number of unbranched alkanes of at least 4 members (excludes halogenated alkanes) is 12. The van der Waals surface area contributed by atoms with Gasteiger partial charge in [-0.25, -0.2) is 0 Å². The minimum absolute atomic E-state index is 0.317. The number of rotatable bonds is 21. The fourth-order valence-corrected chi connectivity index (χ4v) is 4.16. The van der Waals surface area contributed by atoms with Gasteiger partial charge in [-0.05, 0) is 36.5 Å². The first-order valence-corrected chi connectivity index (χ1v) is 13.7. The van der Waals surface area contributed by atoms with Crippen molar-refractivity contribution in [3.63, 3.8) is 0 Å². The van der Waals surface area contributed by atoms with Crippen LogP contribution in [0.25, 0.3) is 0 Å². The van der Waals surface area contributed by atoms with Crippen LogP contribution in [0.1, 0.15) is 144 Å². The lowest BCUT2D eigenvalue weighted by molar-refractivity contribution is 0.0769. The van der Waals surface area contributed by atoms with Crippen LogP contribution in [0.3, 0.4) is 0 Å². The molecule has 0 aliphatic carbocycles. The summed E-state index contributed by atoms with van der Waals surface area (Å²) in [4.78, 5) is 2.24. The quantitative estimate of drug-likeness (QED) is 0.106. The second kappa shape index (κ2) is 19.2. The first kappa shape index (κ1) is 31.9. The molecule has 0 bridgehead atoms. The minimum atomic E-state index is -1.67. The molecule has 4 nitrogen and oxygen atoms in total. The second-order valence-electron chi connectivity index (χ2n) is 12.3. The molecule has 0 spiro atoms. The van der Waals surface area contributed by atoms with E-state index in [1.54, 1.807) is 0 Å². The maximum atomic E-state index is 9.03. The number of hydrogen-bond acceptors (Lipinski definition) is 4. The Morgan fingerprint density at radius 3 is 1.16 bits per heavy atom. The molecule has 32 heavy (non-hydrogen) atoms. The van der Waals surface area contributed by atoms with Gasteiger partial charge >= 0.3 is 7.32 Å². The molecule has 0 rings (SSSR count). The van der Waals surface area contributed by atoms with Crippen LogP contribution in [0.5, 0.6) is 0 Å². The highest BCUT2D eigenvalue weighted by molar-refractivity contribution is 6.32. The van der Waals surface area contributed by atoms with Crippen LogP contribution in [0.2, 0.25) is 0 Å². The van der Waals surface area contributed by atoms with Gasteiger partial charge in [-0.15, -0.1) is 0 Å². The molecule has 0 atom stereocenters. The second-order valence-corrected chi connectivity index (χ2v) is 12.3. The summed E-state index contributed by atoms with van der Waals surface area (Å²) in [5, 5.41) is 18.1. The molecule has 0 unspecified atom stereocenters. The third-order valence-corrected chi connectivity index (χ3v) is 6.21. The van der Waals surface area contributed by atoms with Crippen LogP contribution in [0.4, 0.5) is 0 Å². The Balaban J connectivity index is 3.74. The van der Waals surface area contributed by atoms with Gasteiger partial charge in [0.2, 0.25) is 0 Å². The van der Waals surface area contributed by atoms with E-state index in [2.05, 4.69) is 46.4 Å². The van der Waals surface area contributed by atoms with E-state index in [4.69, 9.17) is 14.7 Å². The number of hydrogen-bond donors (Lipinski definition) is 2. The van der Waals surface area contributed by atoms with Crippen molar-refractivity contribution in [2.45, 2.75) is 144 Å². The molecular formula is C27H58BNO3. The minimum Gasteiger partial charge on any atom is -0.402 e. The maximum absolute atomic E-state index is 9.03. The van der Waals surface area contributed by atoms with Gasteiger partial charge in [-0.1, -0.05) is 119 Å². The monoisotopic (exact) mass is 455 g/mol. The van der Waals surface area contributed by atoms with Gasteiger partial charge in [0.25, 0.3) is 0 Å². The molecule has 0 amide bonds. The summed E-state index contributed by atoms with van der Waals surface area (Å²) in [5.41, 5.74) is 0.944. The van der Waals surface area contributed by atoms with Crippen LogP contribution >= 0.6 is 0 Å². The maximum Gasteiger partial charge on any atom is 0.634 e. The van der Waals surface area contributed by atoms with E-state index in [0.29, 0.717) is 17.6 Å². The van der Waals surface area contributed by atoms with Crippen LogP contribution in [-0.2, 0) is 4.65 Å². The molecule has 0 saturated heterocycles. The first-order valence-electron chi connectivity index (χ1n) is 13.7. The molecule has 0 fully saturated rings. The van der Waals surface area contributed by atoms with Crippen molar-refractivity contribution in [2.24, 2.45) is 10.8 Å². The van der Waals surface area contributed by atoms with E-state index in [1.165, 1.54) is 103 Å². The third kappa shape index (κ3) is 26.2. The zero-order valence-electron chi connectivity index (χ0n) is 22.8. The van der Waals surface area contributed by atoms with E-state index < -0.39 is 7.32 Å². The fourth-order valence-electron chi connectivity index (χ4n) is 4.16. The van der Waals surface area contributed by atoms with Gasteiger partial charge in [0.1, 0.15) is 0 Å². The van der Waals surface area contributed by atoms with E-state index in [0.717, 1.165) is 13.1 Å². The lowest BCUT2D eigenvalue weighted by atomic mass is 9.89. The predicted molar refractivity (Wildman–Crippen MR) is 140 cm³/mol. The summed E-state index contributed by atoms with van der Waals surface area (Å²) in [6, 6.07) is 0. The van der Waals surface area contributed by atoms with Crippen molar-refractivity contribution in [3.05, 3.63) is 0 Å². The Labute approximate surface area is 202 Å². The Hall–Kier alpha value is -0.0951. The summed E-state index contributed by atoms with van der Waals surface area (Å²) in [7, 11) is -1.67. The normalized spacial score (nSPS) is 12.7. The van der Waals surface area contributed by atoms with Gasteiger partial charge in [-0.3, -0.25) is 4.90 Å². The molecule has 0 aromatic carbocycles. The van der Waals surface area contributed by atoms with Gasteiger partial charge in [0, 0.05) is 13.1 Å². The van der Waals surface area contributed by atoms with Gasteiger partial charge < -0.3 is 14.7 Å². The zero-order valence-corrected chi connectivity index (χ0v) is 22.8. The highest BCUT2D eigenvalue weighted by Gasteiger charge is 2.12. The molecule has 0 aromatic rings. The van der Waals surface area contributed by atoms with Gasteiger partial charge in [0.15, 0.2) is 0 Å². The Bertz CT molecular complexity index is 373. The molecule has 0 heterocycles. The van der Waals surface area contributed by atoms with Crippen molar-refractivity contribution < 1.29 is 14.7 Å². The molecule has 0 saturated carbocycles. The smallest absolute Gasteiger partial charge is 0.402 e. The average Bonchev–Trinajstić information content (AvgIpc) is 2.66. The molecule has 0 radical (unpaired) electrons. The SMILES string of the molecule is CC(C)(C)CCCCCCCCCN(CCCCCCCCCC(C)(C)C)COB(O)O. The molecular weight excluding hydrogens is 397 g/mol. The lowest BCUT2D eigenvalue weighted by Gasteiger charge is -2.22. The van der Waals surface area contributed by atoms with Crippen LogP contribution in [0.15, 0.2) is 0 Å². The Kier molecular flexibility index (Phi) is 19.2. The average molecular weight is 456 g/mol. The number of nitrogens with zero attached hydrogens (tertiary/aromatic N) is 1. The highest BCUT2D eigenvalue weighted by atomic mass is 16.6. The standard InChI is InChI=1S/C27H58BNO3/c1-26(2,3)21-17-13-9-7-11-15-19-23-29(25-32-28(30)31)24-20-16-12-8-10-14-18-22-27(4,5)6/h30-31H,7-25H2,1-6H3. The summed E-state index contributed by atoms with van der Waals surface area (Å²) < 4.78 is 5.04. The van der Waals surface area contributed by atoms with Crippen LogP contribution in [-0.4, -0.2) is 42.1 Å². The summed E-state index contributed by atoms with van der Waals surface area (Å²) in [6.45, 7) is 16.3. The van der Waals surface area contributed by atoms with Crippen LogP contribution < -0.4 is 0 Å². The van der Waals surface area contributed by atoms with Crippen molar-refractivity contribution in [1.82, 2.24) is 4.90 Å². The van der Waals surface area contributed by atoms with Crippen molar-refractivity contribution in [2.75, 3.05) is 19.8 Å². The molecule has 0 aliphatic rings. The molecule has 5 heteroatoms. The largest absolute Gasteiger partial charge is 0.634 e. The summed E-state index contributed by atoms with van der Waals surface area (Å²) in [5.74, 6) is 0. The predicted octanol–water partition coefficient (Wildman–Crippen LogP) is 7.57. The Morgan fingerprint density at radius 1 is 0.531 bits per heavy atom. The first-order chi connectivity index (χ1) is 15.0. The van der Waals surface area contributed by atoms with Crippen molar-refractivity contribution >= 4 is 7.32 Å². The van der Waals surface area contributed by atoms with E-state index >= 15 is 0 Å². The molecule has 192 valence electrons. The highest BCUT2D eigenvalue weighted by Crippen LogP contribution is 2.23. The van der Waals surface area contributed by atoms with E-state index in [9.17, 15) is 0 Å². The van der Waals surface area contributed by atoms with E-state index in [1.807, 2.05) is 0 Å². The Morgan fingerprint density at radius 2 is 0.844 bits per heavy atom. The lowest BCUT2D eigenvalue weighted by Crippen LogP contribution is -2.33. The summed E-state index contributed by atoms with van der Waals surface area (Å²) in [6.07, 6.45) is 21.0. The van der Waals surface area contributed by atoms with E-state index in [-0.39, 0.29) is 0 Å². The molecule has 0 aromatic heterocycles. The zero-order chi connectivity index (χ0) is 24.3. The molecule has 0 aliphatic heterocycles. The van der Waals surface area contributed by atoms with Gasteiger partial charge in [0.05, 0.1) is 6.73 Å². The van der Waals surface area contributed by atoms with Gasteiger partial charge in [-0.2, -0.15) is 0 Å². The third-order valence-electron chi connectivity index (χ3n) is 6.21. The van der Waals surface area contributed by atoms with Crippen molar-refractivity contribution in [3.8, 4) is 0 Å². The molecule has 2 N–H and O–H groups in total. The topological polar surface area (TPSA) is 52.9 Å². The van der Waals surface area contributed by atoms with Crippen molar-refractivity contribution in [1.29, 1.82) is 0 Å². The van der Waals surface area contributed by atoms with Crippen LogP contribution in [0, 0.1) is 10.8 Å².